The number of benzene rings is 2. The number of aromatic nitrogens is 1. The van der Waals surface area contributed by atoms with Crippen LogP contribution < -0.4 is 10.2 Å². The van der Waals surface area contributed by atoms with Crippen molar-refractivity contribution in [3.63, 3.8) is 0 Å². The number of hydrogen-bond donors (Lipinski definition) is 1. The van der Waals surface area contributed by atoms with Crippen LogP contribution in [0.2, 0.25) is 0 Å². The number of amides is 1. The molecule has 142 valence electrons. The molecule has 1 aromatic heterocycles. The normalized spacial score (nSPS) is 10.7. The molecule has 0 atom stereocenters. The summed E-state index contributed by atoms with van der Waals surface area (Å²) in [7, 11) is 0. The van der Waals surface area contributed by atoms with E-state index in [1.54, 1.807) is 24.2 Å². The van der Waals surface area contributed by atoms with Gasteiger partial charge >= 0.3 is 0 Å². The molecule has 28 heavy (non-hydrogen) atoms. The summed E-state index contributed by atoms with van der Waals surface area (Å²) in [5.74, 6) is 2.23. The Morgan fingerprint density at radius 3 is 2.68 bits per heavy atom. The third kappa shape index (κ3) is 6.89. The van der Waals surface area contributed by atoms with E-state index in [9.17, 15) is 4.79 Å². The highest BCUT2D eigenvalue weighted by atomic mass is 32.2. The highest BCUT2D eigenvalue weighted by Gasteiger charge is 2.01. The third-order valence-corrected chi connectivity index (χ3v) is 4.71. The lowest BCUT2D eigenvalue weighted by Gasteiger charge is -2.05. The van der Waals surface area contributed by atoms with E-state index >= 15 is 0 Å². The van der Waals surface area contributed by atoms with E-state index in [4.69, 9.17) is 4.74 Å². The lowest BCUT2D eigenvalue weighted by molar-refractivity contribution is -0.121. The number of rotatable bonds is 9. The number of carbonyl (C=O) groups excluding carboxylic acids is 1. The Morgan fingerprint density at radius 2 is 1.86 bits per heavy atom. The SMILES string of the molecule is O=C(CCCSc1ccccn1)N/N=C/c1cccc(Oc2ccccc2)c1. The number of nitrogens with zero attached hydrogens (tertiary/aromatic N) is 2. The molecule has 1 heterocycles. The minimum atomic E-state index is -0.102. The lowest BCUT2D eigenvalue weighted by Crippen LogP contribution is -2.17. The summed E-state index contributed by atoms with van der Waals surface area (Å²) in [6.45, 7) is 0. The molecule has 2 aromatic carbocycles. The van der Waals surface area contributed by atoms with Gasteiger partial charge in [0.2, 0.25) is 5.91 Å². The van der Waals surface area contributed by atoms with E-state index in [-0.39, 0.29) is 5.91 Å². The maximum atomic E-state index is 11.9. The van der Waals surface area contributed by atoms with Gasteiger partial charge < -0.3 is 4.74 Å². The standard InChI is InChI=1S/C22H21N3O2S/c26-21(12-7-15-28-22-13-4-5-14-23-22)25-24-17-18-8-6-11-20(16-18)27-19-9-2-1-3-10-19/h1-6,8-11,13-14,16-17H,7,12,15H2,(H,25,26)/b24-17+. The number of pyridine rings is 1. The van der Waals surface area contributed by atoms with Crippen LogP contribution in [0.4, 0.5) is 0 Å². The van der Waals surface area contributed by atoms with Gasteiger partial charge in [-0.15, -0.1) is 11.8 Å². The van der Waals surface area contributed by atoms with Crippen molar-refractivity contribution in [2.75, 3.05) is 5.75 Å². The third-order valence-electron chi connectivity index (χ3n) is 3.68. The summed E-state index contributed by atoms with van der Waals surface area (Å²) in [5.41, 5.74) is 3.41. The van der Waals surface area contributed by atoms with E-state index in [1.807, 2.05) is 72.8 Å². The quantitative estimate of drug-likeness (QED) is 0.244. The summed E-state index contributed by atoms with van der Waals surface area (Å²) in [6.07, 6.45) is 4.57. The fraction of sp³-hybridized carbons (Fsp3) is 0.136. The second-order valence-electron chi connectivity index (χ2n) is 5.90. The molecule has 1 N–H and O–H groups in total. The average molecular weight is 391 g/mol. The van der Waals surface area contributed by atoms with Crippen LogP contribution in [-0.4, -0.2) is 22.9 Å². The van der Waals surface area contributed by atoms with Gasteiger partial charge in [0.1, 0.15) is 11.5 Å². The lowest BCUT2D eigenvalue weighted by atomic mass is 10.2. The summed E-state index contributed by atoms with van der Waals surface area (Å²) in [4.78, 5) is 16.1. The molecule has 0 fully saturated rings. The van der Waals surface area contributed by atoms with Gasteiger partial charge in [-0.25, -0.2) is 10.4 Å². The van der Waals surface area contributed by atoms with Gasteiger partial charge in [-0.05, 0) is 54.1 Å². The van der Waals surface area contributed by atoms with Gasteiger partial charge in [-0.1, -0.05) is 36.4 Å². The van der Waals surface area contributed by atoms with Gasteiger partial charge in [0.15, 0.2) is 0 Å². The second kappa shape index (κ2) is 10.9. The summed E-state index contributed by atoms with van der Waals surface area (Å²) >= 11 is 1.64. The number of para-hydroxylation sites is 1. The summed E-state index contributed by atoms with van der Waals surface area (Å²) < 4.78 is 5.79. The van der Waals surface area contributed by atoms with Gasteiger partial charge in [-0.2, -0.15) is 5.10 Å². The topological polar surface area (TPSA) is 63.6 Å². The average Bonchev–Trinajstić information content (AvgIpc) is 2.73. The van der Waals surface area contributed by atoms with Crippen molar-refractivity contribution >= 4 is 23.9 Å². The molecule has 0 spiro atoms. The van der Waals surface area contributed by atoms with Gasteiger partial charge in [0, 0.05) is 12.6 Å². The molecule has 0 radical (unpaired) electrons. The smallest absolute Gasteiger partial charge is 0.240 e. The van der Waals surface area contributed by atoms with Crippen molar-refractivity contribution in [3.8, 4) is 11.5 Å². The molecule has 0 bridgehead atoms. The fourth-order valence-electron chi connectivity index (χ4n) is 2.36. The molecule has 0 aliphatic rings. The van der Waals surface area contributed by atoms with Crippen LogP contribution in [0.25, 0.3) is 0 Å². The van der Waals surface area contributed by atoms with Crippen LogP contribution in [0.3, 0.4) is 0 Å². The number of carbonyl (C=O) groups is 1. The molecule has 3 aromatic rings. The minimum absolute atomic E-state index is 0.102. The van der Waals surface area contributed by atoms with E-state index < -0.39 is 0 Å². The Labute approximate surface area is 168 Å². The Morgan fingerprint density at radius 1 is 1.04 bits per heavy atom. The molecule has 3 rings (SSSR count). The van der Waals surface area contributed by atoms with Gasteiger partial charge in [-0.3, -0.25) is 4.79 Å². The first kappa shape index (κ1) is 19.6. The maximum Gasteiger partial charge on any atom is 0.240 e. The molecule has 0 aliphatic carbocycles. The largest absolute Gasteiger partial charge is 0.457 e. The predicted octanol–water partition coefficient (Wildman–Crippen LogP) is 4.90. The van der Waals surface area contributed by atoms with Gasteiger partial charge in [0.05, 0.1) is 11.2 Å². The molecular weight excluding hydrogens is 370 g/mol. The van der Waals surface area contributed by atoms with Crippen LogP contribution >= 0.6 is 11.8 Å². The van der Waals surface area contributed by atoms with Crippen molar-refractivity contribution in [2.24, 2.45) is 5.10 Å². The number of hydrazone groups is 1. The minimum Gasteiger partial charge on any atom is -0.457 e. The number of thioether (sulfide) groups is 1. The molecule has 0 unspecified atom stereocenters. The van der Waals surface area contributed by atoms with Crippen LogP contribution in [0.1, 0.15) is 18.4 Å². The number of hydrogen-bond acceptors (Lipinski definition) is 5. The maximum absolute atomic E-state index is 11.9. The molecule has 5 nitrogen and oxygen atoms in total. The van der Waals surface area contributed by atoms with E-state index in [1.165, 1.54) is 0 Å². The molecule has 0 saturated carbocycles. The molecule has 0 saturated heterocycles. The molecule has 0 aliphatic heterocycles. The Hall–Kier alpha value is -3.12. The van der Waals surface area contributed by atoms with Crippen LogP contribution in [0.5, 0.6) is 11.5 Å². The predicted molar refractivity (Wildman–Crippen MR) is 113 cm³/mol. The number of ether oxygens (including phenoxy) is 1. The first-order chi connectivity index (χ1) is 13.8. The Bertz CT molecular complexity index is 902. The van der Waals surface area contributed by atoms with Crippen molar-refractivity contribution in [1.29, 1.82) is 0 Å². The Balaban J connectivity index is 1.40. The highest BCUT2D eigenvalue weighted by Crippen LogP contribution is 2.21. The zero-order valence-corrected chi connectivity index (χ0v) is 16.1. The molecule has 1 amide bonds. The van der Waals surface area contributed by atoms with E-state index in [0.717, 1.165) is 28.5 Å². The fourth-order valence-corrected chi connectivity index (χ4v) is 3.17. The van der Waals surface area contributed by atoms with E-state index in [2.05, 4.69) is 15.5 Å². The van der Waals surface area contributed by atoms with Crippen molar-refractivity contribution in [1.82, 2.24) is 10.4 Å². The molecule has 6 heteroatoms. The number of nitrogens with one attached hydrogen (secondary N) is 1. The zero-order chi connectivity index (χ0) is 19.4. The Kier molecular flexibility index (Phi) is 7.64. The summed E-state index contributed by atoms with van der Waals surface area (Å²) in [5, 5.41) is 5.00. The van der Waals surface area contributed by atoms with Crippen LogP contribution in [0.15, 0.2) is 89.1 Å². The van der Waals surface area contributed by atoms with Crippen molar-refractivity contribution in [2.45, 2.75) is 17.9 Å². The van der Waals surface area contributed by atoms with Crippen LogP contribution in [-0.2, 0) is 4.79 Å². The van der Waals surface area contributed by atoms with E-state index in [0.29, 0.717) is 12.2 Å². The molecular formula is C22H21N3O2S. The monoisotopic (exact) mass is 391 g/mol. The van der Waals surface area contributed by atoms with Crippen molar-refractivity contribution in [3.05, 3.63) is 84.6 Å². The van der Waals surface area contributed by atoms with Crippen molar-refractivity contribution < 1.29 is 9.53 Å². The summed E-state index contributed by atoms with van der Waals surface area (Å²) in [6, 6.07) is 22.9. The zero-order valence-electron chi connectivity index (χ0n) is 15.3. The first-order valence-electron chi connectivity index (χ1n) is 8.98. The first-order valence-corrected chi connectivity index (χ1v) is 9.97. The highest BCUT2D eigenvalue weighted by molar-refractivity contribution is 7.99. The van der Waals surface area contributed by atoms with Crippen LogP contribution in [0, 0.1) is 0 Å². The second-order valence-corrected chi connectivity index (χ2v) is 7.02. The van der Waals surface area contributed by atoms with Gasteiger partial charge in [0.25, 0.3) is 0 Å².